The molecule has 0 fully saturated rings. The van der Waals surface area contributed by atoms with E-state index < -0.39 is 0 Å². The van der Waals surface area contributed by atoms with Crippen molar-refractivity contribution in [3.8, 4) is 0 Å². The highest BCUT2D eigenvalue weighted by Gasteiger charge is 2.30. The minimum absolute atomic E-state index is 0.122. The molecule has 0 amide bonds. The number of aryl methyl sites for hydroxylation is 2. The molecule has 1 unspecified atom stereocenters. The predicted molar refractivity (Wildman–Crippen MR) is 77.3 cm³/mol. The molecule has 104 valence electrons. The lowest BCUT2D eigenvalue weighted by Crippen LogP contribution is -2.29. The number of hydrogen-bond donors (Lipinski definition) is 3. The summed E-state index contributed by atoms with van der Waals surface area (Å²) >= 11 is 0. The van der Waals surface area contributed by atoms with Crippen LogP contribution in [0.3, 0.4) is 0 Å². The van der Waals surface area contributed by atoms with Gasteiger partial charge in [-0.3, -0.25) is 10.7 Å². The van der Waals surface area contributed by atoms with Crippen LogP contribution >= 0.6 is 0 Å². The van der Waals surface area contributed by atoms with Crippen molar-refractivity contribution in [1.29, 1.82) is 5.41 Å². The van der Waals surface area contributed by atoms with E-state index in [2.05, 4.69) is 36.1 Å². The van der Waals surface area contributed by atoms with Gasteiger partial charge in [0.2, 0.25) is 5.95 Å². The molecule has 5 heteroatoms. The van der Waals surface area contributed by atoms with E-state index >= 15 is 0 Å². The second-order valence-corrected chi connectivity index (χ2v) is 6.40. The summed E-state index contributed by atoms with van der Waals surface area (Å²) in [7, 11) is 0. The van der Waals surface area contributed by atoms with Crippen LogP contribution in [0.1, 0.15) is 44.1 Å². The van der Waals surface area contributed by atoms with Crippen LogP contribution in [0.4, 0.5) is 5.95 Å². The minimum atomic E-state index is -0.122. The molecule has 1 atom stereocenters. The summed E-state index contributed by atoms with van der Waals surface area (Å²) in [5.41, 5.74) is 9.03. The van der Waals surface area contributed by atoms with Gasteiger partial charge in [0.25, 0.3) is 0 Å². The fourth-order valence-corrected chi connectivity index (χ4v) is 2.70. The maximum atomic E-state index is 7.24. The third kappa shape index (κ3) is 3.03. The van der Waals surface area contributed by atoms with E-state index in [1.54, 1.807) is 0 Å². The number of rotatable bonds is 1. The molecule has 5 nitrogen and oxygen atoms in total. The van der Waals surface area contributed by atoms with Gasteiger partial charge in [0.05, 0.1) is 0 Å². The summed E-state index contributed by atoms with van der Waals surface area (Å²) < 4.78 is 0. The second-order valence-electron chi connectivity index (χ2n) is 6.40. The third-order valence-electron chi connectivity index (χ3n) is 3.95. The van der Waals surface area contributed by atoms with Crippen LogP contribution in [0.15, 0.2) is 0 Å². The van der Waals surface area contributed by atoms with Gasteiger partial charge in [-0.2, -0.15) is 0 Å². The zero-order chi connectivity index (χ0) is 14.2. The van der Waals surface area contributed by atoms with E-state index in [0.717, 1.165) is 30.7 Å². The third-order valence-corrected chi connectivity index (χ3v) is 3.95. The minimum Gasteiger partial charge on any atom is -0.370 e. The summed E-state index contributed by atoms with van der Waals surface area (Å²) in [6.45, 7) is 8.90. The smallest absolute Gasteiger partial charge is 0.229 e. The van der Waals surface area contributed by atoms with Gasteiger partial charge >= 0.3 is 0 Å². The summed E-state index contributed by atoms with van der Waals surface area (Å²) in [6, 6.07) is 0. The quantitative estimate of drug-likeness (QED) is 0.534. The van der Waals surface area contributed by atoms with Crippen molar-refractivity contribution in [2.24, 2.45) is 17.1 Å². The maximum Gasteiger partial charge on any atom is 0.229 e. The zero-order valence-corrected chi connectivity index (χ0v) is 12.2. The monoisotopic (exact) mass is 261 g/mol. The topological polar surface area (TPSA) is 87.7 Å². The van der Waals surface area contributed by atoms with Gasteiger partial charge in [0.1, 0.15) is 0 Å². The van der Waals surface area contributed by atoms with Crippen molar-refractivity contribution in [3.63, 3.8) is 0 Å². The summed E-state index contributed by atoms with van der Waals surface area (Å²) in [6.07, 6.45) is 3.19. The molecule has 0 saturated heterocycles. The molecule has 0 aliphatic heterocycles. The fraction of sp³-hybridized carbons (Fsp3) is 0.643. The van der Waals surface area contributed by atoms with Crippen LogP contribution in [-0.4, -0.2) is 15.9 Å². The molecular formula is C14H23N5. The predicted octanol–water partition coefficient (Wildman–Crippen LogP) is 2.24. The molecule has 0 aromatic carbocycles. The Hall–Kier alpha value is -1.65. The maximum absolute atomic E-state index is 7.24. The van der Waals surface area contributed by atoms with Crippen LogP contribution < -0.4 is 11.1 Å². The Balaban J connectivity index is 2.29. The highest BCUT2D eigenvalue weighted by atomic mass is 15.2. The largest absolute Gasteiger partial charge is 0.370 e. The molecule has 19 heavy (non-hydrogen) atoms. The number of nitrogens with two attached hydrogens (primary N) is 1. The lowest BCUT2D eigenvalue weighted by atomic mass is 9.71. The molecule has 1 heterocycles. The number of fused-ring (bicyclic) bond motifs is 1. The molecule has 4 N–H and O–H groups in total. The van der Waals surface area contributed by atoms with E-state index in [1.165, 1.54) is 5.56 Å². The highest BCUT2D eigenvalue weighted by Crippen LogP contribution is 2.37. The molecule has 0 spiro atoms. The van der Waals surface area contributed by atoms with Crippen molar-refractivity contribution >= 4 is 11.9 Å². The Labute approximate surface area is 114 Å². The van der Waals surface area contributed by atoms with Crippen LogP contribution in [0.25, 0.3) is 0 Å². The van der Waals surface area contributed by atoms with Crippen LogP contribution in [-0.2, 0) is 12.8 Å². The van der Waals surface area contributed by atoms with Crippen molar-refractivity contribution in [1.82, 2.24) is 9.97 Å². The lowest BCUT2D eigenvalue weighted by Gasteiger charge is -2.35. The van der Waals surface area contributed by atoms with Crippen molar-refractivity contribution in [2.45, 2.75) is 47.0 Å². The molecule has 1 aliphatic carbocycles. The molecule has 0 bridgehead atoms. The normalized spacial score (nSPS) is 18.8. The van der Waals surface area contributed by atoms with Gasteiger partial charge < -0.3 is 5.73 Å². The lowest BCUT2D eigenvalue weighted by molar-refractivity contribution is 0.214. The highest BCUT2D eigenvalue weighted by molar-refractivity contribution is 5.87. The number of guanidine groups is 1. The summed E-state index contributed by atoms with van der Waals surface area (Å²) in [4.78, 5) is 8.89. The van der Waals surface area contributed by atoms with Gasteiger partial charge in [-0.1, -0.05) is 20.8 Å². The van der Waals surface area contributed by atoms with E-state index in [-0.39, 0.29) is 5.96 Å². The van der Waals surface area contributed by atoms with Gasteiger partial charge in [-0.15, -0.1) is 0 Å². The van der Waals surface area contributed by atoms with Crippen molar-refractivity contribution in [3.05, 3.63) is 17.0 Å². The summed E-state index contributed by atoms with van der Waals surface area (Å²) in [5.74, 6) is 0.995. The Bertz CT molecular complexity index is 501. The Morgan fingerprint density at radius 2 is 2.05 bits per heavy atom. The first-order chi connectivity index (χ1) is 8.77. The standard InChI is InChI=1S/C14H23N5/c1-8-10-7-9(14(2,3)4)5-6-11(10)18-13(17-8)19-12(15)16/h9H,5-7H2,1-4H3,(H4,15,16,17,18,19). The Kier molecular flexibility index (Phi) is 3.47. The summed E-state index contributed by atoms with van der Waals surface area (Å²) in [5, 5.41) is 9.92. The van der Waals surface area contributed by atoms with E-state index in [0.29, 0.717) is 17.3 Å². The van der Waals surface area contributed by atoms with E-state index in [4.69, 9.17) is 11.1 Å². The fourth-order valence-electron chi connectivity index (χ4n) is 2.70. The molecule has 2 rings (SSSR count). The number of nitrogens with zero attached hydrogens (tertiary/aromatic N) is 2. The zero-order valence-electron chi connectivity index (χ0n) is 12.2. The van der Waals surface area contributed by atoms with Crippen molar-refractivity contribution < 1.29 is 0 Å². The first kappa shape index (κ1) is 13.8. The second kappa shape index (κ2) is 4.79. The molecule has 1 aromatic rings. The molecule has 1 aromatic heterocycles. The Morgan fingerprint density at radius 3 is 2.63 bits per heavy atom. The average Bonchev–Trinajstić information content (AvgIpc) is 2.26. The number of anilines is 1. The number of aromatic nitrogens is 2. The average molecular weight is 261 g/mol. The molecule has 1 aliphatic rings. The van der Waals surface area contributed by atoms with Crippen LogP contribution in [0.5, 0.6) is 0 Å². The van der Waals surface area contributed by atoms with Gasteiger partial charge in [-0.25, -0.2) is 9.97 Å². The van der Waals surface area contributed by atoms with E-state index in [9.17, 15) is 0 Å². The van der Waals surface area contributed by atoms with Gasteiger partial charge in [0.15, 0.2) is 5.96 Å². The van der Waals surface area contributed by atoms with Crippen molar-refractivity contribution in [2.75, 3.05) is 5.32 Å². The number of hydrogen-bond acceptors (Lipinski definition) is 3. The molecule has 0 saturated carbocycles. The van der Waals surface area contributed by atoms with Gasteiger partial charge in [-0.05, 0) is 43.1 Å². The Morgan fingerprint density at radius 1 is 1.37 bits per heavy atom. The number of nitrogens with one attached hydrogen (secondary N) is 2. The van der Waals surface area contributed by atoms with E-state index in [1.807, 2.05) is 6.92 Å². The van der Waals surface area contributed by atoms with Crippen LogP contribution in [0, 0.1) is 23.7 Å². The SMILES string of the molecule is Cc1nc(NC(=N)N)nc2c1CC(C(C)(C)C)CC2. The van der Waals surface area contributed by atoms with Gasteiger partial charge in [0, 0.05) is 11.4 Å². The molecule has 0 radical (unpaired) electrons. The first-order valence-electron chi connectivity index (χ1n) is 6.75. The molecular weight excluding hydrogens is 238 g/mol. The van der Waals surface area contributed by atoms with Crippen LogP contribution in [0.2, 0.25) is 0 Å². The first-order valence-corrected chi connectivity index (χ1v) is 6.75.